The van der Waals surface area contributed by atoms with Gasteiger partial charge in [0.25, 0.3) is 0 Å². The first-order valence-electron chi connectivity index (χ1n) is 3.40. The zero-order valence-electron chi connectivity index (χ0n) is 6.81. The summed E-state index contributed by atoms with van der Waals surface area (Å²) in [7, 11) is 0. The normalized spacial score (nSPS) is 7.77. The van der Waals surface area contributed by atoms with Gasteiger partial charge in [-0.1, -0.05) is 18.2 Å². The van der Waals surface area contributed by atoms with Crippen molar-refractivity contribution in [2.45, 2.75) is 0 Å². The Kier molecular flexibility index (Phi) is 5.82. The highest BCUT2D eigenvalue weighted by molar-refractivity contribution is 5.92. The van der Waals surface area contributed by atoms with E-state index in [1.807, 2.05) is 6.07 Å². The number of nitrogens with one attached hydrogen (secondary N) is 1. The zero-order chi connectivity index (χ0) is 10.1. The number of carbonyl (C=O) groups excluding carboxylic acids is 2. The summed E-state index contributed by atoms with van der Waals surface area (Å²) in [6.45, 7) is 0. The van der Waals surface area contributed by atoms with Gasteiger partial charge in [-0.15, -0.1) is 0 Å². The van der Waals surface area contributed by atoms with E-state index in [0.29, 0.717) is 5.56 Å². The van der Waals surface area contributed by atoms with Gasteiger partial charge in [-0.2, -0.15) is 0 Å². The van der Waals surface area contributed by atoms with E-state index >= 15 is 0 Å². The molecule has 1 aromatic carbocycles. The molecule has 0 saturated carbocycles. The minimum atomic E-state index is -0.379. The molecule has 0 bridgehead atoms. The maximum Gasteiger partial charge on any atom is 0.248 e. The fourth-order valence-electron chi connectivity index (χ4n) is 0.602. The molecule has 0 unspecified atom stereocenters. The molecule has 2 amide bonds. The van der Waals surface area contributed by atoms with Crippen LogP contribution < -0.4 is 11.2 Å². The van der Waals surface area contributed by atoms with E-state index < -0.39 is 0 Å². The van der Waals surface area contributed by atoms with Crippen molar-refractivity contribution in [2.75, 3.05) is 0 Å². The van der Waals surface area contributed by atoms with Crippen molar-refractivity contribution in [3.05, 3.63) is 35.9 Å². The van der Waals surface area contributed by atoms with Gasteiger partial charge in [0.05, 0.1) is 0 Å². The van der Waals surface area contributed by atoms with Crippen molar-refractivity contribution in [3.8, 4) is 0 Å². The van der Waals surface area contributed by atoms with Crippen LogP contribution in [-0.4, -0.2) is 17.5 Å². The average Bonchev–Trinajstić information content (AvgIpc) is 2.19. The summed E-state index contributed by atoms with van der Waals surface area (Å²) in [6, 6.07) is 8.76. The quantitative estimate of drug-likeness (QED) is 0.339. The smallest absolute Gasteiger partial charge is 0.248 e. The molecule has 4 N–H and O–H groups in total. The molecule has 0 aliphatic carbocycles. The number of amides is 2. The number of rotatable bonds is 2. The van der Waals surface area contributed by atoms with Gasteiger partial charge in [-0.25, -0.2) is 5.48 Å². The number of nitrogens with two attached hydrogens (primary N) is 1. The van der Waals surface area contributed by atoms with Crippen LogP contribution in [0.4, 0.5) is 0 Å². The molecule has 5 heteroatoms. The molecule has 1 aromatic rings. The molecule has 0 atom stereocenters. The minimum Gasteiger partial charge on any atom is -0.366 e. The van der Waals surface area contributed by atoms with Gasteiger partial charge >= 0.3 is 0 Å². The van der Waals surface area contributed by atoms with Gasteiger partial charge in [0.15, 0.2) is 0 Å². The first kappa shape index (κ1) is 11.1. The van der Waals surface area contributed by atoms with E-state index in [1.165, 1.54) is 5.48 Å². The molecule has 0 aliphatic heterocycles. The highest BCUT2D eigenvalue weighted by Crippen LogP contribution is 1.94. The van der Waals surface area contributed by atoms with Crippen LogP contribution in [0.15, 0.2) is 30.3 Å². The Bertz CT molecular complexity index is 261. The van der Waals surface area contributed by atoms with Crippen molar-refractivity contribution in [1.82, 2.24) is 5.48 Å². The predicted octanol–water partition coefficient (Wildman–Crippen LogP) is -0.0929. The summed E-state index contributed by atoms with van der Waals surface area (Å²) < 4.78 is 0. The monoisotopic (exact) mass is 182 g/mol. The molecule has 0 fully saturated rings. The van der Waals surface area contributed by atoms with Crippen molar-refractivity contribution in [1.29, 1.82) is 0 Å². The van der Waals surface area contributed by atoms with Gasteiger partial charge in [0.1, 0.15) is 0 Å². The lowest BCUT2D eigenvalue weighted by Crippen LogP contribution is -2.09. The number of benzene rings is 1. The van der Waals surface area contributed by atoms with Gasteiger partial charge in [0.2, 0.25) is 12.3 Å². The number of hydroxylamine groups is 1. The van der Waals surface area contributed by atoms with Crippen LogP contribution in [0.2, 0.25) is 0 Å². The topological polar surface area (TPSA) is 92.4 Å². The summed E-state index contributed by atoms with van der Waals surface area (Å²) in [5, 5.41) is 7.26. The SMILES string of the molecule is NC(=O)c1ccccc1.O=CNO. The second kappa shape index (κ2) is 6.81. The Morgan fingerprint density at radius 3 is 2.08 bits per heavy atom. The Morgan fingerprint density at radius 2 is 1.85 bits per heavy atom. The lowest BCUT2D eigenvalue weighted by molar-refractivity contribution is -0.116. The highest BCUT2D eigenvalue weighted by atomic mass is 16.5. The Balaban J connectivity index is 0.000000310. The standard InChI is InChI=1S/C7H7NO.CH3NO2/c8-7(9)6-4-2-1-3-5-6;3-1-2-4/h1-5H,(H2,8,9);1,4H,(H,2,3). The molecule has 0 spiro atoms. The predicted molar refractivity (Wildman–Crippen MR) is 45.9 cm³/mol. The van der Waals surface area contributed by atoms with Crippen molar-refractivity contribution >= 4 is 12.3 Å². The zero-order valence-corrected chi connectivity index (χ0v) is 6.81. The number of primary amides is 1. The Labute approximate surface area is 75.1 Å². The van der Waals surface area contributed by atoms with Gasteiger partial charge in [-0.3, -0.25) is 14.8 Å². The second-order valence-corrected chi connectivity index (χ2v) is 1.98. The summed E-state index contributed by atoms with van der Waals surface area (Å²) >= 11 is 0. The van der Waals surface area contributed by atoms with E-state index in [-0.39, 0.29) is 12.3 Å². The molecule has 70 valence electrons. The van der Waals surface area contributed by atoms with E-state index in [2.05, 4.69) is 0 Å². The maximum absolute atomic E-state index is 10.4. The van der Waals surface area contributed by atoms with Crippen LogP contribution in [0.5, 0.6) is 0 Å². The largest absolute Gasteiger partial charge is 0.366 e. The number of carbonyl (C=O) groups is 2. The lowest BCUT2D eigenvalue weighted by Gasteiger charge is -1.89. The molecule has 0 saturated heterocycles. The Hall–Kier alpha value is -1.88. The minimum absolute atomic E-state index is 0.181. The molecule has 0 aromatic heterocycles. The third-order valence-corrected chi connectivity index (χ3v) is 1.11. The van der Waals surface area contributed by atoms with E-state index in [9.17, 15) is 4.79 Å². The molecular weight excluding hydrogens is 172 g/mol. The van der Waals surface area contributed by atoms with Crippen LogP contribution in [0.3, 0.4) is 0 Å². The molecule has 0 radical (unpaired) electrons. The summed E-state index contributed by atoms with van der Waals surface area (Å²) in [5.41, 5.74) is 6.78. The van der Waals surface area contributed by atoms with E-state index in [0.717, 1.165) is 0 Å². The van der Waals surface area contributed by atoms with Crippen LogP contribution in [0.1, 0.15) is 10.4 Å². The Morgan fingerprint density at radius 1 is 1.38 bits per heavy atom. The molecule has 13 heavy (non-hydrogen) atoms. The lowest BCUT2D eigenvalue weighted by atomic mass is 10.2. The fraction of sp³-hybridized carbons (Fsp3) is 0. The molecular formula is C8H10N2O3. The summed E-state index contributed by atoms with van der Waals surface area (Å²) in [4.78, 5) is 19.2. The first-order chi connectivity index (χ1) is 6.22. The second-order valence-electron chi connectivity index (χ2n) is 1.98. The van der Waals surface area contributed by atoms with Crippen molar-refractivity contribution in [2.24, 2.45) is 5.73 Å². The van der Waals surface area contributed by atoms with Gasteiger partial charge < -0.3 is 5.73 Å². The van der Waals surface area contributed by atoms with E-state index in [1.54, 1.807) is 24.3 Å². The van der Waals surface area contributed by atoms with Crippen LogP contribution in [0, 0.1) is 0 Å². The van der Waals surface area contributed by atoms with Crippen molar-refractivity contribution < 1.29 is 14.8 Å². The molecule has 1 rings (SSSR count). The summed E-state index contributed by atoms with van der Waals surface area (Å²) in [6.07, 6.45) is 0.181. The van der Waals surface area contributed by atoms with Gasteiger partial charge in [0, 0.05) is 5.56 Å². The third-order valence-electron chi connectivity index (χ3n) is 1.11. The molecule has 0 aliphatic rings. The van der Waals surface area contributed by atoms with Gasteiger partial charge in [-0.05, 0) is 12.1 Å². The maximum atomic E-state index is 10.4. The summed E-state index contributed by atoms with van der Waals surface area (Å²) in [5.74, 6) is -0.379. The van der Waals surface area contributed by atoms with E-state index in [4.69, 9.17) is 15.7 Å². The number of hydrogen-bond acceptors (Lipinski definition) is 3. The number of hydrogen-bond donors (Lipinski definition) is 3. The van der Waals surface area contributed by atoms with Crippen molar-refractivity contribution in [3.63, 3.8) is 0 Å². The van der Waals surface area contributed by atoms with Crippen LogP contribution >= 0.6 is 0 Å². The molecule has 5 nitrogen and oxygen atoms in total. The third kappa shape index (κ3) is 5.40. The average molecular weight is 182 g/mol. The van der Waals surface area contributed by atoms with Crippen LogP contribution in [0.25, 0.3) is 0 Å². The fourth-order valence-corrected chi connectivity index (χ4v) is 0.602. The highest BCUT2D eigenvalue weighted by Gasteiger charge is 1.93. The molecule has 0 heterocycles. The van der Waals surface area contributed by atoms with Crippen LogP contribution in [-0.2, 0) is 4.79 Å². The first-order valence-corrected chi connectivity index (χ1v) is 3.40.